The van der Waals surface area contributed by atoms with Gasteiger partial charge in [0, 0.05) is 0 Å². The van der Waals surface area contributed by atoms with Crippen molar-refractivity contribution in [3.8, 4) is 0 Å². The zero-order valence-electron chi connectivity index (χ0n) is 23.2. The second kappa shape index (κ2) is 11.2. The SMILES string of the molecule is CC(=Nc1c(C(C)C)cccc1C(C)C)c1ccc(C(C)=Nc2c(C(C)C)cccc2C(C)C)o1. The summed E-state index contributed by atoms with van der Waals surface area (Å²) in [5.41, 5.74) is 8.99. The van der Waals surface area contributed by atoms with Crippen molar-refractivity contribution in [3.63, 3.8) is 0 Å². The van der Waals surface area contributed by atoms with Gasteiger partial charge in [0.05, 0.1) is 22.8 Å². The van der Waals surface area contributed by atoms with Gasteiger partial charge in [-0.1, -0.05) is 91.8 Å². The van der Waals surface area contributed by atoms with Gasteiger partial charge in [0.1, 0.15) is 11.5 Å². The Hall–Kier alpha value is -2.94. The molecular weight excluding hydrogens is 428 g/mol. The maximum absolute atomic E-state index is 6.29. The highest BCUT2D eigenvalue weighted by molar-refractivity contribution is 6.02. The first kappa shape index (κ1) is 26.7. The van der Waals surface area contributed by atoms with E-state index in [9.17, 15) is 0 Å². The number of para-hydroxylation sites is 2. The smallest absolute Gasteiger partial charge is 0.148 e. The molecule has 0 unspecified atom stereocenters. The maximum Gasteiger partial charge on any atom is 0.148 e. The van der Waals surface area contributed by atoms with Crippen molar-refractivity contribution >= 4 is 22.8 Å². The average Bonchev–Trinajstić information content (AvgIpc) is 3.29. The molecule has 0 amide bonds. The van der Waals surface area contributed by atoms with Crippen molar-refractivity contribution in [2.75, 3.05) is 0 Å². The lowest BCUT2D eigenvalue weighted by Crippen LogP contribution is -1.99. The Morgan fingerprint density at radius 1 is 0.514 bits per heavy atom. The number of rotatable bonds is 8. The summed E-state index contributed by atoms with van der Waals surface area (Å²) in [6.07, 6.45) is 0. The largest absolute Gasteiger partial charge is 0.454 e. The highest BCUT2D eigenvalue weighted by Gasteiger charge is 2.17. The molecule has 0 saturated heterocycles. The fourth-order valence-corrected chi connectivity index (χ4v) is 4.45. The van der Waals surface area contributed by atoms with Crippen LogP contribution in [0.15, 0.2) is 62.9 Å². The standard InChI is InChI=1S/C32H42N2O/c1-19(2)25-13-11-14-26(20(3)4)31(25)33-23(9)29-17-18-30(35-29)24(10)34-32-27(21(5)6)15-12-16-28(32)22(7)8/h11-22H,1-10H3. The van der Waals surface area contributed by atoms with Crippen LogP contribution in [0.25, 0.3) is 0 Å². The summed E-state index contributed by atoms with van der Waals surface area (Å²) in [7, 11) is 0. The second-order valence-electron chi connectivity index (χ2n) is 10.7. The van der Waals surface area contributed by atoms with Crippen LogP contribution in [0.2, 0.25) is 0 Å². The summed E-state index contributed by atoms with van der Waals surface area (Å²) in [5, 5.41) is 0. The van der Waals surface area contributed by atoms with Crippen LogP contribution in [0.4, 0.5) is 11.4 Å². The van der Waals surface area contributed by atoms with Crippen LogP contribution < -0.4 is 0 Å². The van der Waals surface area contributed by atoms with Crippen molar-refractivity contribution in [2.24, 2.45) is 9.98 Å². The van der Waals surface area contributed by atoms with Crippen molar-refractivity contribution in [1.82, 2.24) is 0 Å². The van der Waals surface area contributed by atoms with Crippen LogP contribution in [0.1, 0.15) is 127 Å². The van der Waals surface area contributed by atoms with E-state index in [1.54, 1.807) is 0 Å². The molecule has 0 aliphatic heterocycles. The lowest BCUT2D eigenvalue weighted by molar-refractivity contribution is 0.547. The van der Waals surface area contributed by atoms with E-state index >= 15 is 0 Å². The molecule has 35 heavy (non-hydrogen) atoms. The molecule has 0 fully saturated rings. The fourth-order valence-electron chi connectivity index (χ4n) is 4.45. The van der Waals surface area contributed by atoms with Gasteiger partial charge in [0.25, 0.3) is 0 Å². The fraction of sp³-hybridized carbons (Fsp3) is 0.438. The topological polar surface area (TPSA) is 37.9 Å². The van der Waals surface area contributed by atoms with E-state index in [0.717, 1.165) is 34.3 Å². The molecule has 3 heteroatoms. The van der Waals surface area contributed by atoms with Crippen molar-refractivity contribution < 1.29 is 4.42 Å². The molecule has 0 aliphatic rings. The first-order chi connectivity index (χ1) is 16.5. The van der Waals surface area contributed by atoms with Crippen LogP contribution in [-0.2, 0) is 0 Å². The van der Waals surface area contributed by atoms with Gasteiger partial charge in [-0.2, -0.15) is 0 Å². The Balaban J connectivity index is 2.03. The predicted octanol–water partition coefficient (Wildman–Crippen LogP) is 10.1. The van der Waals surface area contributed by atoms with Crippen LogP contribution in [0, 0.1) is 0 Å². The molecule has 3 nitrogen and oxygen atoms in total. The van der Waals surface area contributed by atoms with Crippen molar-refractivity contribution in [3.05, 3.63) is 82.3 Å². The molecule has 1 aromatic heterocycles. The molecule has 3 rings (SSSR count). The molecule has 0 atom stereocenters. The van der Waals surface area contributed by atoms with E-state index in [-0.39, 0.29) is 0 Å². The van der Waals surface area contributed by atoms with Gasteiger partial charge in [-0.05, 0) is 71.9 Å². The third kappa shape index (κ3) is 6.01. The van der Waals surface area contributed by atoms with Gasteiger partial charge >= 0.3 is 0 Å². The minimum absolute atomic E-state index is 0.401. The summed E-state index contributed by atoms with van der Waals surface area (Å²) in [6.45, 7) is 21.8. The average molecular weight is 471 g/mol. The number of aliphatic imine (C=N–C) groups is 2. The Labute approximate surface area is 212 Å². The van der Waals surface area contributed by atoms with Crippen molar-refractivity contribution in [1.29, 1.82) is 0 Å². The van der Waals surface area contributed by atoms with E-state index < -0.39 is 0 Å². The minimum atomic E-state index is 0.401. The molecule has 0 radical (unpaired) electrons. The van der Waals surface area contributed by atoms with E-state index in [1.807, 2.05) is 26.0 Å². The molecule has 0 bridgehead atoms. The molecule has 0 spiro atoms. The van der Waals surface area contributed by atoms with Gasteiger partial charge in [0.15, 0.2) is 0 Å². The summed E-state index contributed by atoms with van der Waals surface area (Å²) in [6, 6.07) is 17.1. The summed E-state index contributed by atoms with van der Waals surface area (Å²) < 4.78 is 6.29. The van der Waals surface area contributed by atoms with E-state index in [0.29, 0.717) is 23.7 Å². The second-order valence-corrected chi connectivity index (χ2v) is 10.7. The monoisotopic (exact) mass is 470 g/mol. The van der Waals surface area contributed by atoms with E-state index in [4.69, 9.17) is 14.4 Å². The Bertz CT molecular complexity index is 1080. The normalized spacial score (nSPS) is 13.1. The van der Waals surface area contributed by atoms with Gasteiger partial charge in [0.2, 0.25) is 0 Å². The number of hydrogen-bond acceptors (Lipinski definition) is 3. The third-order valence-electron chi connectivity index (χ3n) is 6.56. The first-order valence-corrected chi connectivity index (χ1v) is 13.0. The summed E-state index contributed by atoms with van der Waals surface area (Å²) in [5.74, 6) is 3.17. The first-order valence-electron chi connectivity index (χ1n) is 13.0. The van der Waals surface area contributed by atoms with Crippen LogP contribution in [-0.4, -0.2) is 11.4 Å². The molecule has 186 valence electrons. The Kier molecular flexibility index (Phi) is 8.53. The zero-order chi connectivity index (χ0) is 25.9. The Morgan fingerprint density at radius 3 is 1.06 bits per heavy atom. The molecule has 1 heterocycles. The lowest BCUT2D eigenvalue weighted by atomic mass is 9.93. The van der Waals surface area contributed by atoms with Gasteiger partial charge in [-0.3, -0.25) is 0 Å². The van der Waals surface area contributed by atoms with Crippen LogP contribution in [0.5, 0.6) is 0 Å². The highest BCUT2D eigenvalue weighted by atomic mass is 16.3. The summed E-state index contributed by atoms with van der Waals surface area (Å²) in [4.78, 5) is 10.2. The maximum atomic E-state index is 6.29. The molecule has 0 N–H and O–H groups in total. The number of nitrogens with zero attached hydrogens (tertiary/aromatic N) is 2. The number of benzene rings is 2. The zero-order valence-corrected chi connectivity index (χ0v) is 23.2. The predicted molar refractivity (Wildman–Crippen MR) is 152 cm³/mol. The van der Waals surface area contributed by atoms with Gasteiger partial charge in [-0.25, -0.2) is 9.98 Å². The summed E-state index contributed by atoms with van der Waals surface area (Å²) >= 11 is 0. The molecule has 0 aliphatic carbocycles. The van der Waals surface area contributed by atoms with Crippen molar-refractivity contribution in [2.45, 2.75) is 92.9 Å². The lowest BCUT2D eigenvalue weighted by Gasteiger charge is -2.17. The van der Waals surface area contributed by atoms with Gasteiger partial charge < -0.3 is 4.42 Å². The Morgan fingerprint density at radius 2 is 0.800 bits per heavy atom. The highest BCUT2D eigenvalue weighted by Crippen LogP contribution is 2.36. The van der Waals surface area contributed by atoms with E-state index in [2.05, 4.69) is 91.8 Å². The molecule has 2 aromatic carbocycles. The molecular formula is C32H42N2O. The number of furan rings is 1. The molecule has 3 aromatic rings. The number of hydrogen-bond donors (Lipinski definition) is 0. The van der Waals surface area contributed by atoms with Crippen LogP contribution in [0.3, 0.4) is 0 Å². The molecule has 0 saturated carbocycles. The van der Waals surface area contributed by atoms with Crippen LogP contribution >= 0.6 is 0 Å². The van der Waals surface area contributed by atoms with Gasteiger partial charge in [-0.15, -0.1) is 0 Å². The minimum Gasteiger partial charge on any atom is -0.454 e. The van der Waals surface area contributed by atoms with E-state index in [1.165, 1.54) is 22.3 Å². The third-order valence-corrected chi connectivity index (χ3v) is 6.56. The quantitative estimate of drug-likeness (QED) is 0.302.